The molecular formula is C51H65F2N9O6. The number of halogens is 2. The van der Waals surface area contributed by atoms with Crippen LogP contribution in [0.5, 0.6) is 0 Å². The number of rotatable bonds is 16. The van der Waals surface area contributed by atoms with E-state index in [0.29, 0.717) is 68.2 Å². The number of likely N-dealkylation sites (tertiary alicyclic amines) is 1. The fraction of sp³-hybridized carbons (Fsp3) is 0.471. The van der Waals surface area contributed by atoms with E-state index in [4.69, 9.17) is 19.3 Å². The monoisotopic (exact) mass is 938 g/mol. The van der Waals surface area contributed by atoms with Gasteiger partial charge in [-0.15, -0.1) is 0 Å². The minimum Gasteiger partial charge on any atom is -0.444 e. The van der Waals surface area contributed by atoms with Crippen LogP contribution >= 0.6 is 0 Å². The van der Waals surface area contributed by atoms with E-state index in [9.17, 15) is 14.4 Å². The Bertz CT molecular complexity index is 2460. The number of aromatic amines is 2. The number of nitrogens with one attached hydrogen (secondary N) is 5. The van der Waals surface area contributed by atoms with Crippen LogP contribution in [0.15, 0.2) is 85.2 Å². The molecule has 3 amide bonds. The van der Waals surface area contributed by atoms with Crippen molar-refractivity contribution >= 4 is 23.6 Å². The van der Waals surface area contributed by atoms with Crippen LogP contribution in [0.2, 0.25) is 0 Å². The maximum atomic E-state index is 16.0. The van der Waals surface area contributed by atoms with Gasteiger partial charge in [-0.25, -0.2) is 23.5 Å². The number of piperidine rings is 1. The lowest BCUT2D eigenvalue weighted by Crippen LogP contribution is -2.44. The van der Waals surface area contributed by atoms with Crippen molar-refractivity contribution in [3.63, 3.8) is 0 Å². The van der Waals surface area contributed by atoms with Crippen LogP contribution in [0.1, 0.15) is 140 Å². The summed E-state index contributed by atoms with van der Waals surface area (Å²) in [6.07, 6.45) is 5.14. The summed E-state index contributed by atoms with van der Waals surface area (Å²) < 4.78 is 43.2. The summed E-state index contributed by atoms with van der Waals surface area (Å²) in [5.41, 5.74) is 4.52. The first-order valence-electron chi connectivity index (χ1n) is 23.4. The zero-order valence-electron chi connectivity index (χ0n) is 40.2. The van der Waals surface area contributed by atoms with Gasteiger partial charge in [0.2, 0.25) is 5.91 Å². The number of ether oxygens (including phenoxy) is 2. The first kappa shape index (κ1) is 49.7. The molecular weight excluding hydrogens is 873 g/mol. The molecule has 5 N–H and O–H groups in total. The number of aromatic nitrogens is 4. The second-order valence-corrected chi connectivity index (χ2v) is 19.8. The fourth-order valence-corrected chi connectivity index (χ4v) is 8.68. The number of nitrogens with zero attached hydrogens (tertiary/aromatic N) is 4. The Balaban J connectivity index is 0.984. The third kappa shape index (κ3) is 12.5. The van der Waals surface area contributed by atoms with Crippen molar-refractivity contribution in [3.05, 3.63) is 125 Å². The number of carbonyl (C=O) groups excluding carboxylic acids is 3. The first-order chi connectivity index (χ1) is 32.3. The molecule has 15 nitrogen and oxygen atoms in total. The largest absolute Gasteiger partial charge is 0.444 e. The lowest BCUT2D eigenvalue weighted by atomic mass is 9.93. The van der Waals surface area contributed by atoms with E-state index in [1.807, 2.05) is 71.0 Å². The molecule has 5 aromatic rings. The van der Waals surface area contributed by atoms with Crippen molar-refractivity contribution in [2.75, 3.05) is 31.3 Å². The van der Waals surface area contributed by atoms with Gasteiger partial charge in [0.05, 0.1) is 29.6 Å². The molecule has 68 heavy (non-hydrogen) atoms. The van der Waals surface area contributed by atoms with Crippen LogP contribution in [-0.4, -0.2) is 80.4 Å². The Hall–Kier alpha value is -6.17. The number of alkyl carbamates (subject to hydrolysis) is 1. The van der Waals surface area contributed by atoms with Crippen LogP contribution in [0.25, 0.3) is 11.3 Å². The molecule has 3 aromatic carbocycles. The molecule has 2 fully saturated rings. The molecule has 0 bridgehead atoms. The molecule has 7 rings (SSSR count). The van der Waals surface area contributed by atoms with Crippen LogP contribution in [0.3, 0.4) is 0 Å². The molecule has 2 aliphatic heterocycles. The lowest BCUT2D eigenvalue weighted by Gasteiger charge is -2.33. The summed E-state index contributed by atoms with van der Waals surface area (Å²) in [5, 5.41) is 5.92. The Kier molecular flexibility index (Phi) is 15.7. The van der Waals surface area contributed by atoms with Gasteiger partial charge < -0.3 is 39.9 Å². The number of anilines is 1. The van der Waals surface area contributed by atoms with Gasteiger partial charge in [-0.1, -0.05) is 74.5 Å². The molecule has 2 aliphatic rings. The maximum absolute atomic E-state index is 16.0. The molecule has 17 heteroatoms. The summed E-state index contributed by atoms with van der Waals surface area (Å²) in [5.74, 6) is -0.873. The van der Waals surface area contributed by atoms with E-state index in [0.717, 1.165) is 11.3 Å². The molecule has 0 aliphatic carbocycles. The van der Waals surface area contributed by atoms with Gasteiger partial charge >= 0.3 is 6.09 Å². The zero-order chi connectivity index (χ0) is 48.8. The van der Waals surface area contributed by atoms with E-state index in [1.165, 1.54) is 18.3 Å². The second kappa shape index (κ2) is 21.4. The smallest absolute Gasteiger partial charge is 0.408 e. The summed E-state index contributed by atoms with van der Waals surface area (Å²) in [4.78, 5) is 65.9. The van der Waals surface area contributed by atoms with Crippen molar-refractivity contribution in [1.29, 1.82) is 0 Å². The van der Waals surface area contributed by atoms with E-state index in [-0.39, 0.29) is 41.7 Å². The molecule has 4 atom stereocenters. The van der Waals surface area contributed by atoms with Crippen molar-refractivity contribution in [2.45, 2.75) is 122 Å². The minimum absolute atomic E-state index is 0.0160. The Morgan fingerprint density at radius 1 is 0.794 bits per heavy atom. The molecule has 4 heterocycles. The molecule has 364 valence electrons. The SMILES string of the molecule is CC(C)[C@H](NC(=O)[C@H](NOCOC(C)(C)C)c1ccccc1)c1ncc(C2CCN(c3c(F)cc(-c4cnc([C@@H]5CCCN5C(=O)[C@H](NC(=O)OC(C)(C)C)c5ccccc5)[nH]4)cc3F)CC2)[nH]1. The minimum atomic E-state index is -1.00. The summed E-state index contributed by atoms with van der Waals surface area (Å²) >= 11 is 0. The maximum Gasteiger partial charge on any atom is 0.408 e. The highest BCUT2D eigenvalue weighted by molar-refractivity contribution is 5.87. The molecule has 0 spiro atoms. The Labute approximate surface area is 397 Å². The Morgan fingerprint density at radius 2 is 1.43 bits per heavy atom. The van der Waals surface area contributed by atoms with Gasteiger partial charge in [-0.05, 0) is 96.4 Å². The standard InChI is InChI=1S/C51H65F2N9O6/c1-31(2)41(58-47(63)42(33-16-11-9-12-17-33)60-67-30-66-50(3,4)5)46-55-28-38(57-46)32-21-24-61(25-22-32)44-36(52)26-35(27-37(44)53)39-29-54-45(56-39)40-20-15-23-62(40)48(64)43(34-18-13-10-14-19-34)59-49(65)68-51(6,7)8/h9-14,16-19,26-29,31-32,40-43,60H,15,20-25,30H2,1-8H3,(H,54,56)(H,55,57)(H,58,63)(H,59,65)/t40-,41-,42+,43+/m0/s1. The molecule has 0 radical (unpaired) electrons. The topological polar surface area (TPSA) is 179 Å². The van der Waals surface area contributed by atoms with Crippen molar-refractivity contribution in [2.24, 2.45) is 5.92 Å². The van der Waals surface area contributed by atoms with Crippen LogP contribution in [-0.2, 0) is 23.9 Å². The molecule has 0 saturated carbocycles. The second-order valence-electron chi connectivity index (χ2n) is 19.8. The van der Waals surface area contributed by atoms with Gasteiger partial charge in [0, 0.05) is 43.0 Å². The predicted molar refractivity (Wildman–Crippen MR) is 254 cm³/mol. The average Bonchev–Trinajstić information content (AvgIpc) is 4.09. The highest BCUT2D eigenvalue weighted by Gasteiger charge is 2.38. The van der Waals surface area contributed by atoms with Crippen molar-refractivity contribution in [3.8, 4) is 11.3 Å². The number of imidazole rings is 2. The summed E-state index contributed by atoms with van der Waals surface area (Å²) in [6, 6.07) is 18.2. The van der Waals surface area contributed by atoms with Crippen molar-refractivity contribution in [1.82, 2.24) is 40.9 Å². The fourth-order valence-electron chi connectivity index (χ4n) is 8.68. The number of carbonyl (C=O) groups is 3. The molecule has 0 unspecified atom stereocenters. The quantitative estimate of drug-likeness (QED) is 0.0364. The van der Waals surface area contributed by atoms with Crippen molar-refractivity contribution < 1.29 is 37.5 Å². The number of benzene rings is 3. The van der Waals surface area contributed by atoms with Gasteiger partial charge in [0.15, 0.2) is 6.79 Å². The number of H-pyrrole nitrogens is 2. The predicted octanol–water partition coefficient (Wildman–Crippen LogP) is 9.24. The zero-order valence-corrected chi connectivity index (χ0v) is 40.2. The highest BCUT2D eigenvalue weighted by Crippen LogP contribution is 2.37. The Morgan fingerprint density at radius 3 is 2.03 bits per heavy atom. The van der Waals surface area contributed by atoms with E-state index < -0.39 is 53.1 Å². The van der Waals surface area contributed by atoms with Gasteiger partial charge in [-0.2, -0.15) is 5.48 Å². The lowest BCUT2D eigenvalue weighted by molar-refractivity contribution is -0.162. The number of hydroxylamine groups is 1. The number of amides is 3. The summed E-state index contributed by atoms with van der Waals surface area (Å²) in [6.45, 7) is 16.2. The average molecular weight is 938 g/mol. The molecule has 2 aromatic heterocycles. The van der Waals surface area contributed by atoms with Crippen LogP contribution in [0, 0.1) is 17.6 Å². The van der Waals surface area contributed by atoms with E-state index in [2.05, 4.69) is 31.1 Å². The van der Waals surface area contributed by atoms with Gasteiger partial charge in [0.25, 0.3) is 5.91 Å². The van der Waals surface area contributed by atoms with Gasteiger partial charge in [-0.3, -0.25) is 14.4 Å². The first-order valence-corrected chi connectivity index (χ1v) is 23.4. The van der Waals surface area contributed by atoms with E-state index >= 15 is 8.78 Å². The number of hydrogen-bond donors (Lipinski definition) is 5. The van der Waals surface area contributed by atoms with Crippen LogP contribution in [0.4, 0.5) is 19.3 Å². The number of hydrogen-bond acceptors (Lipinski definition) is 10. The third-order valence-electron chi connectivity index (χ3n) is 12.1. The highest BCUT2D eigenvalue weighted by atomic mass is 19.1. The molecule has 2 saturated heterocycles. The van der Waals surface area contributed by atoms with Crippen LogP contribution < -0.4 is 21.0 Å². The third-order valence-corrected chi connectivity index (χ3v) is 12.1. The van der Waals surface area contributed by atoms with E-state index in [1.54, 1.807) is 61.0 Å². The van der Waals surface area contributed by atoms with Gasteiger partial charge in [0.1, 0.15) is 46.7 Å². The summed E-state index contributed by atoms with van der Waals surface area (Å²) in [7, 11) is 0. The normalized spacial score (nSPS) is 17.2.